The van der Waals surface area contributed by atoms with Gasteiger partial charge in [0, 0.05) is 121 Å². The number of halogens is 3. The Balaban J connectivity index is 0.000000381. The summed E-state index contributed by atoms with van der Waals surface area (Å²) in [6.45, 7) is 6.30. The molecule has 0 saturated carbocycles. The first-order chi connectivity index (χ1) is 65.0. The van der Waals surface area contributed by atoms with Gasteiger partial charge in [-0.05, 0) is 60.1 Å². The Bertz CT molecular complexity index is 5350. The van der Waals surface area contributed by atoms with E-state index in [1.165, 1.54) is 19.9 Å². The quantitative estimate of drug-likeness (QED) is 0.0349. The van der Waals surface area contributed by atoms with E-state index in [0.29, 0.717) is 40.0 Å². The molecule has 6 aliphatic heterocycles. The first-order valence-corrected chi connectivity index (χ1v) is 46.3. The minimum atomic E-state index is -5.29. The Hall–Kier alpha value is -13.1. The standard InChI is InChI=1S/C46H59F3N10O15S.C40H56N10O12S.2CH4/c1-6-19(2)37-42(70)52-14-35(65)54-30-18-75-43-27(26-8-7-24(11-28(26)56-43)53-45(72)46(47,48)49)9-23(39(67)51-15-36(66)57-37)10-32(63)38(20(3)33(74-22(5)61)17-73-21(4)60)58-41(69)31-12-25(62)16-59(31)44(71)29(13-34(50)64)55-40(30)68;1-4-17(2)33-38(61)44-12-31(56)45-26-16-63-39-23(22-6-5-20(41)9-24(22)47-39)7-19(35(58)43-13-32(57)48-33)8-28(53)34(18(3)29(54)15-51)49-37(60)27-10-21(52)14-50(27)40(62)25(11-30(42)55)46-36(26)59;;/h7-8,11,19-20,23,25,29-31,33,37-38,56,62H,6,9-10,12-18H2,1-5H3,(H2,50,64)(H,51,67)(H,52,70)(H,53,72)(H,54,65)(H,55,68)(H,57,66)(H,58,69);5-6,9,17-19,21,25-27,29,33-34,47,51-52,54H,4,7-8,10-16,41H2,1-3H3,(H2,42,55)(H,43,58)(H,44,61)(H,45,56)(H,46,59)(H,48,57)(H,49,60);2*1H4/t19-,20?,23?,25?,29?,30?,31-,33-,37-,38-;17-,18?,19?,21?,25?,26?,27-,29-,33-,34-;;/m00../s1. The van der Waals surface area contributed by atoms with Crippen molar-refractivity contribution in [2.24, 2.45) is 47.0 Å². The predicted molar refractivity (Wildman–Crippen MR) is 494 cm³/mol. The van der Waals surface area contributed by atoms with E-state index in [-0.39, 0.29) is 60.6 Å². The van der Waals surface area contributed by atoms with Gasteiger partial charge in [-0.1, -0.05) is 81.4 Å². The van der Waals surface area contributed by atoms with E-state index in [1.807, 2.05) is 0 Å². The molecule has 20 atom stereocenters. The third-order valence-corrected chi connectivity index (χ3v) is 26.8. The highest BCUT2D eigenvalue weighted by atomic mass is 32.2. The van der Waals surface area contributed by atoms with Gasteiger partial charge in [0.25, 0.3) is 0 Å². The molecule has 17 amide bonds. The predicted octanol–water partition coefficient (Wildman–Crippen LogP) is -4.60. The molecular formula is C88H123F3N20O27S2. The molecule has 0 aliphatic carbocycles. The molecule has 2 fully saturated rings. The van der Waals surface area contributed by atoms with Crippen LogP contribution in [0.5, 0.6) is 0 Å². The number of Topliss-reactive ketones (excluding diaryl/α,β-unsaturated/α-hetero) is 2. The van der Waals surface area contributed by atoms with Crippen molar-refractivity contribution in [1.82, 2.24) is 83.6 Å². The van der Waals surface area contributed by atoms with E-state index < -0.39 is 347 Å². The number of esters is 2. The van der Waals surface area contributed by atoms with Crippen LogP contribution in [0, 0.1) is 35.5 Å². The van der Waals surface area contributed by atoms with Gasteiger partial charge in [0.1, 0.15) is 61.0 Å². The number of thioether (sulfide) groups is 2. The summed E-state index contributed by atoms with van der Waals surface area (Å²) < 4.78 is 50.6. The Morgan fingerprint density at radius 2 is 0.921 bits per heavy atom. The molecule has 0 spiro atoms. The van der Waals surface area contributed by atoms with Crippen molar-refractivity contribution in [2.75, 3.05) is 75.0 Å². The largest absolute Gasteiger partial charge is 0.471 e. The lowest BCUT2D eigenvalue weighted by molar-refractivity contribution is -0.167. The number of carbonyl (C=O) groups excluding carboxylic acids is 21. The number of nitrogens with two attached hydrogens (primary N) is 3. The van der Waals surface area contributed by atoms with Gasteiger partial charge < -0.3 is 136 Å². The number of ketones is 2. The van der Waals surface area contributed by atoms with Gasteiger partial charge >= 0.3 is 24.0 Å². The summed E-state index contributed by atoms with van der Waals surface area (Å²) in [6.07, 6.45) is -14.8. The summed E-state index contributed by atoms with van der Waals surface area (Å²) in [7, 11) is 0. The van der Waals surface area contributed by atoms with E-state index in [2.05, 4.69) is 73.8 Å². The van der Waals surface area contributed by atoms with Gasteiger partial charge in [-0.2, -0.15) is 13.2 Å². The van der Waals surface area contributed by atoms with Gasteiger partial charge in [-0.3, -0.25) is 101 Å². The van der Waals surface area contributed by atoms with Crippen LogP contribution in [-0.2, 0) is 123 Å². The second-order valence-electron chi connectivity index (χ2n) is 34.8. The number of H-pyrrole nitrogens is 2. The zero-order chi connectivity index (χ0) is 102. The Kier molecular flexibility index (Phi) is 41.2. The van der Waals surface area contributed by atoms with Crippen LogP contribution in [-0.4, -0.2) is 319 Å². The second-order valence-corrected chi connectivity index (χ2v) is 36.8. The fourth-order valence-corrected chi connectivity index (χ4v) is 18.8. The van der Waals surface area contributed by atoms with Crippen LogP contribution in [0.15, 0.2) is 46.5 Å². The Morgan fingerprint density at radius 3 is 1.31 bits per heavy atom. The maximum atomic E-state index is 15.0. The zero-order valence-electron chi connectivity index (χ0n) is 76.4. The number of hydrogen-bond donors (Lipinski definition) is 22. The normalized spacial score (nSPS) is 25.9. The number of amides is 17. The lowest BCUT2D eigenvalue weighted by Gasteiger charge is -2.33. The van der Waals surface area contributed by atoms with Gasteiger partial charge in [0.15, 0.2) is 11.6 Å². The summed E-state index contributed by atoms with van der Waals surface area (Å²) in [4.78, 5) is 295. The highest BCUT2D eigenvalue weighted by Crippen LogP contribution is 2.38. The smallest absolute Gasteiger partial charge is 0.462 e. The van der Waals surface area contributed by atoms with E-state index in [4.69, 9.17) is 26.7 Å². The number of carbonyl (C=O) groups is 21. The number of hydrogen-bond acceptors (Lipinski definition) is 30. The number of nitrogens with one attached hydrogen (secondary N) is 15. The molecule has 6 aliphatic rings. The van der Waals surface area contributed by atoms with E-state index in [9.17, 15) is 129 Å². The fraction of sp³-hybridized carbons (Fsp3) is 0.580. The van der Waals surface area contributed by atoms with Crippen LogP contribution in [0.4, 0.5) is 24.5 Å². The van der Waals surface area contributed by atoms with Crippen LogP contribution in [0.1, 0.15) is 133 Å². The summed E-state index contributed by atoms with van der Waals surface area (Å²) >= 11 is 1.81. The molecule has 140 heavy (non-hydrogen) atoms. The van der Waals surface area contributed by atoms with Crippen molar-refractivity contribution in [3.63, 3.8) is 0 Å². The third-order valence-electron chi connectivity index (χ3n) is 24.5. The molecule has 4 bridgehead atoms. The summed E-state index contributed by atoms with van der Waals surface area (Å²) in [5, 5.41) is 75.2. The number of anilines is 2. The number of primary amides is 2. The monoisotopic (exact) mass is 2010 g/mol. The van der Waals surface area contributed by atoms with Crippen LogP contribution in [0.3, 0.4) is 0 Å². The van der Waals surface area contributed by atoms with Crippen LogP contribution < -0.4 is 86.3 Å². The van der Waals surface area contributed by atoms with Crippen LogP contribution >= 0.6 is 23.5 Å². The summed E-state index contributed by atoms with van der Waals surface area (Å²) in [5.41, 5.74) is 18.4. The molecule has 8 heterocycles. The summed E-state index contributed by atoms with van der Waals surface area (Å²) in [5.74, 6) is -28.1. The number of aliphatic hydroxyl groups is 4. The van der Waals surface area contributed by atoms with E-state index >= 15 is 4.79 Å². The zero-order valence-corrected chi connectivity index (χ0v) is 78.0. The highest BCUT2D eigenvalue weighted by molar-refractivity contribution is 7.99. The molecule has 47 nitrogen and oxygen atoms in total. The van der Waals surface area contributed by atoms with E-state index in [1.54, 1.807) is 51.2 Å². The summed E-state index contributed by atoms with van der Waals surface area (Å²) in [6, 6.07) is -7.26. The molecule has 0 radical (unpaired) electrons. The van der Waals surface area contributed by atoms with Crippen molar-refractivity contribution in [3.8, 4) is 0 Å². The highest BCUT2D eigenvalue weighted by Gasteiger charge is 2.49. The Morgan fingerprint density at radius 1 is 0.521 bits per heavy atom. The third kappa shape index (κ3) is 30.2. The van der Waals surface area contributed by atoms with Crippen LogP contribution in [0.2, 0.25) is 0 Å². The maximum Gasteiger partial charge on any atom is 0.471 e. The fourth-order valence-electron chi connectivity index (χ4n) is 16.6. The van der Waals surface area contributed by atoms with Gasteiger partial charge in [-0.25, -0.2) is 0 Å². The van der Waals surface area contributed by atoms with Gasteiger partial charge in [0.2, 0.25) is 94.5 Å². The van der Waals surface area contributed by atoms with E-state index in [0.717, 1.165) is 59.3 Å². The molecule has 2 aromatic carbocycles. The maximum absolute atomic E-state index is 15.0. The van der Waals surface area contributed by atoms with Gasteiger partial charge in [0.05, 0.1) is 86.1 Å². The van der Waals surface area contributed by atoms with Crippen molar-refractivity contribution in [2.45, 2.75) is 236 Å². The minimum Gasteiger partial charge on any atom is -0.462 e. The molecule has 25 N–H and O–H groups in total. The molecule has 2 aromatic heterocycles. The number of nitrogen functional groups attached to an aromatic ring is 1. The first-order valence-electron chi connectivity index (χ1n) is 44.3. The second kappa shape index (κ2) is 50.7. The molecule has 770 valence electrons. The topological polar surface area (TPSA) is 730 Å². The number of alkyl halides is 3. The molecule has 10 rings (SSSR count). The van der Waals surface area contributed by atoms with Crippen molar-refractivity contribution in [3.05, 3.63) is 47.5 Å². The number of aliphatic hydroxyl groups excluding tert-OH is 4. The lowest BCUT2D eigenvalue weighted by atomic mass is 9.85. The molecule has 2 saturated heterocycles. The number of benzene rings is 2. The number of aromatic amines is 2. The molecule has 10 unspecified atom stereocenters. The number of rotatable bonds is 17. The van der Waals surface area contributed by atoms with Crippen molar-refractivity contribution < 1.29 is 144 Å². The van der Waals surface area contributed by atoms with Gasteiger partial charge in [-0.15, -0.1) is 23.5 Å². The molecule has 52 heteroatoms. The SMILES string of the molecule is C.C.CC[C@H](C)[C@@H]1NC(=O)CNC(=O)C2CC(=O)[C@H](C(C)[C@@H](O)CO)NC(=O)[C@@H]3CC(O)CN3C(=O)C(CC(N)=O)NC(=O)C(CSc3[nH]c4cc(N)ccc4c3C2)NC(=O)CNC1=O.CC[C@H](C)[C@@H]1NC(=O)CNC(=O)C2CC(=O)[C@H](C(C)[C@H](COC(C)=O)OC(C)=O)NC(=O)[C@@H]3CC(O)CN3C(=O)C(CC(N)=O)NC(=O)C(CSc3[nH]c4cc(NC(=O)C(F)(F)F)ccc4c3C2)NC(=O)CNC1=O. The first kappa shape index (κ1) is 114. The minimum absolute atomic E-state index is 0. The number of fused-ring (bicyclic) bond motifs is 10. The lowest BCUT2D eigenvalue weighted by Crippen LogP contribution is -2.60. The average molecular weight is 2010 g/mol. The number of nitrogens with zero attached hydrogens (tertiary/aromatic N) is 2. The molecular weight excluding hydrogens is 1890 g/mol. The van der Waals surface area contributed by atoms with Crippen molar-refractivity contribution >= 4 is 181 Å². The number of ether oxygens (including phenoxy) is 2. The Labute approximate surface area is 809 Å². The van der Waals surface area contributed by atoms with Crippen LogP contribution in [0.25, 0.3) is 21.8 Å². The molecule has 4 aromatic rings. The van der Waals surface area contributed by atoms with Crippen molar-refractivity contribution in [1.29, 1.82) is 0 Å². The number of aromatic nitrogens is 2. The average Bonchev–Trinajstić information content (AvgIpc) is 1.63.